The van der Waals surface area contributed by atoms with E-state index in [4.69, 9.17) is 5.73 Å². The van der Waals surface area contributed by atoms with Crippen molar-refractivity contribution in [2.45, 2.75) is 19.9 Å². The third kappa shape index (κ3) is 3.94. The lowest BCUT2D eigenvalue weighted by molar-refractivity contribution is -0.116. The predicted molar refractivity (Wildman–Crippen MR) is 75.4 cm³/mol. The Kier molecular flexibility index (Phi) is 4.85. The lowest BCUT2D eigenvalue weighted by Gasteiger charge is -2.26. The van der Waals surface area contributed by atoms with Crippen LogP contribution in [0, 0.1) is 0 Å². The molecular formula is C11H21N7O. The topological polar surface area (TPSA) is 100 Å². The fourth-order valence-electron chi connectivity index (χ4n) is 1.45. The van der Waals surface area contributed by atoms with E-state index in [0.29, 0.717) is 17.8 Å². The Morgan fingerprint density at radius 1 is 1.26 bits per heavy atom. The van der Waals surface area contributed by atoms with Gasteiger partial charge in [0.2, 0.25) is 23.8 Å². The zero-order valence-electron chi connectivity index (χ0n) is 12.0. The SMILES string of the molecule is CNc1nc(N(C)C)nc(N(CC(N)=O)C(C)C)n1. The maximum absolute atomic E-state index is 11.1. The molecule has 0 aliphatic rings. The van der Waals surface area contributed by atoms with E-state index in [-0.39, 0.29) is 12.6 Å². The summed E-state index contributed by atoms with van der Waals surface area (Å²) in [4.78, 5) is 27.5. The van der Waals surface area contributed by atoms with Gasteiger partial charge in [-0.15, -0.1) is 0 Å². The average molecular weight is 267 g/mol. The van der Waals surface area contributed by atoms with Gasteiger partial charge < -0.3 is 20.9 Å². The van der Waals surface area contributed by atoms with Crippen molar-refractivity contribution in [2.24, 2.45) is 5.73 Å². The molecule has 0 aromatic carbocycles. The highest BCUT2D eigenvalue weighted by molar-refractivity contribution is 5.79. The number of hydrogen-bond donors (Lipinski definition) is 2. The molecule has 8 nitrogen and oxygen atoms in total. The van der Waals surface area contributed by atoms with Crippen LogP contribution in [-0.4, -0.2) is 54.6 Å². The first-order valence-electron chi connectivity index (χ1n) is 6.01. The predicted octanol–water partition coefficient (Wildman–Crippen LogP) is -0.321. The van der Waals surface area contributed by atoms with Crippen LogP contribution >= 0.6 is 0 Å². The number of hydrogen-bond acceptors (Lipinski definition) is 7. The van der Waals surface area contributed by atoms with Crippen LogP contribution in [0.4, 0.5) is 17.8 Å². The summed E-state index contributed by atoms with van der Waals surface area (Å²) in [6.45, 7) is 3.96. The lowest BCUT2D eigenvalue weighted by atomic mass is 10.3. The van der Waals surface area contributed by atoms with Crippen LogP contribution in [-0.2, 0) is 4.79 Å². The highest BCUT2D eigenvalue weighted by Crippen LogP contribution is 2.16. The minimum atomic E-state index is -0.425. The van der Waals surface area contributed by atoms with Gasteiger partial charge in [0.1, 0.15) is 0 Å². The van der Waals surface area contributed by atoms with E-state index in [0.717, 1.165) is 0 Å². The van der Waals surface area contributed by atoms with Crippen molar-refractivity contribution in [1.29, 1.82) is 0 Å². The minimum absolute atomic E-state index is 0.0506. The number of carbonyl (C=O) groups is 1. The summed E-state index contributed by atoms with van der Waals surface area (Å²) in [5.74, 6) is 0.969. The summed E-state index contributed by atoms with van der Waals surface area (Å²) in [5, 5.41) is 2.88. The second-order valence-corrected chi connectivity index (χ2v) is 4.59. The highest BCUT2D eigenvalue weighted by atomic mass is 16.1. The molecule has 1 aromatic rings. The van der Waals surface area contributed by atoms with Crippen LogP contribution in [0.1, 0.15) is 13.8 Å². The smallest absolute Gasteiger partial charge is 0.237 e. The third-order valence-corrected chi connectivity index (χ3v) is 2.44. The van der Waals surface area contributed by atoms with Gasteiger partial charge in [-0.25, -0.2) is 0 Å². The fourth-order valence-corrected chi connectivity index (χ4v) is 1.45. The van der Waals surface area contributed by atoms with Crippen molar-refractivity contribution in [1.82, 2.24) is 15.0 Å². The van der Waals surface area contributed by atoms with E-state index in [2.05, 4.69) is 20.3 Å². The molecule has 1 amide bonds. The first-order chi connectivity index (χ1) is 8.85. The number of nitrogens with two attached hydrogens (primary N) is 1. The van der Waals surface area contributed by atoms with Gasteiger partial charge in [-0.2, -0.15) is 15.0 Å². The maximum Gasteiger partial charge on any atom is 0.237 e. The van der Waals surface area contributed by atoms with Crippen molar-refractivity contribution < 1.29 is 4.79 Å². The molecule has 0 unspecified atom stereocenters. The second-order valence-electron chi connectivity index (χ2n) is 4.59. The number of primary amides is 1. The number of rotatable bonds is 6. The van der Waals surface area contributed by atoms with Crippen LogP contribution in [0.5, 0.6) is 0 Å². The molecule has 1 heterocycles. The monoisotopic (exact) mass is 267 g/mol. The number of carbonyl (C=O) groups excluding carboxylic acids is 1. The lowest BCUT2D eigenvalue weighted by Crippen LogP contribution is -2.40. The Labute approximate surface area is 113 Å². The molecule has 0 bridgehead atoms. The molecule has 19 heavy (non-hydrogen) atoms. The Bertz CT molecular complexity index is 447. The van der Waals surface area contributed by atoms with Gasteiger partial charge in [0, 0.05) is 27.2 Å². The van der Waals surface area contributed by atoms with Gasteiger partial charge in [-0.05, 0) is 13.8 Å². The minimum Gasteiger partial charge on any atom is -0.368 e. The summed E-state index contributed by atoms with van der Waals surface area (Å²) in [6, 6.07) is 0.0506. The molecule has 1 rings (SSSR count). The fraction of sp³-hybridized carbons (Fsp3) is 0.636. The molecule has 0 saturated carbocycles. The van der Waals surface area contributed by atoms with Crippen molar-refractivity contribution in [3.8, 4) is 0 Å². The molecule has 0 fully saturated rings. The van der Waals surface area contributed by atoms with Gasteiger partial charge in [0.25, 0.3) is 0 Å². The molecule has 1 aromatic heterocycles. The number of amides is 1. The summed E-state index contributed by atoms with van der Waals surface area (Å²) in [7, 11) is 5.41. The number of nitrogens with one attached hydrogen (secondary N) is 1. The zero-order valence-corrected chi connectivity index (χ0v) is 12.0. The van der Waals surface area contributed by atoms with Gasteiger partial charge in [-0.1, -0.05) is 0 Å². The normalized spacial score (nSPS) is 10.4. The van der Waals surface area contributed by atoms with Crippen LogP contribution in [0.25, 0.3) is 0 Å². The number of nitrogens with zero attached hydrogens (tertiary/aromatic N) is 5. The number of anilines is 3. The van der Waals surface area contributed by atoms with Crippen molar-refractivity contribution >= 4 is 23.8 Å². The van der Waals surface area contributed by atoms with E-state index in [1.807, 2.05) is 27.9 Å². The first kappa shape index (κ1) is 14.9. The molecule has 0 aliphatic carbocycles. The van der Waals surface area contributed by atoms with E-state index < -0.39 is 5.91 Å². The summed E-state index contributed by atoms with van der Waals surface area (Å²) >= 11 is 0. The largest absolute Gasteiger partial charge is 0.368 e. The summed E-state index contributed by atoms with van der Waals surface area (Å²) < 4.78 is 0. The van der Waals surface area contributed by atoms with E-state index in [1.54, 1.807) is 16.8 Å². The van der Waals surface area contributed by atoms with Crippen LogP contribution in [0.2, 0.25) is 0 Å². The molecule has 0 aliphatic heterocycles. The Balaban J connectivity index is 3.21. The van der Waals surface area contributed by atoms with E-state index in [1.165, 1.54) is 0 Å². The van der Waals surface area contributed by atoms with Gasteiger partial charge in [-0.3, -0.25) is 4.79 Å². The molecule has 0 spiro atoms. The summed E-state index contributed by atoms with van der Waals surface area (Å²) in [5.41, 5.74) is 5.26. The number of aromatic nitrogens is 3. The van der Waals surface area contributed by atoms with Crippen molar-refractivity contribution in [3.63, 3.8) is 0 Å². The van der Waals surface area contributed by atoms with E-state index in [9.17, 15) is 4.79 Å². The molecule has 8 heteroatoms. The van der Waals surface area contributed by atoms with Crippen molar-refractivity contribution in [3.05, 3.63) is 0 Å². The Morgan fingerprint density at radius 2 is 1.84 bits per heavy atom. The summed E-state index contributed by atoms with van der Waals surface area (Å²) in [6.07, 6.45) is 0. The van der Waals surface area contributed by atoms with Crippen LogP contribution < -0.4 is 20.9 Å². The second kappa shape index (κ2) is 6.17. The molecule has 0 atom stereocenters. The molecule has 0 radical (unpaired) electrons. The van der Waals surface area contributed by atoms with Crippen LogP contribution in [0.15, 0.2) is 0 Å². The van der Waals surface area contributed by atoms with Gasteiger partial charge in [0.15, 0.2) is 0 Å². The standard InChI is InChI=1S/C11H21N7O/c1-7(2)18(6-8(12)19)11-15-9(13-3)14-10(16-11)17(4)5/h7H,6H2,1-5H3,(H2,12,19)(H,13,14,15,16). The Morgan fingerprint density at radius 3 is 2.26 bits per heavy atom. The van der Waals surface area contributed by atoms with Crippen LogP contribution in [0.3, 0.4) is 0 Å². The first-order valence-corrected chi connectivity index (χ1v) is 6.01. The molecule has 0 saturated heterocycles. The van der Waals surface area contributed by atoms with E-state index >= 15 is 0 Å². The highest BCUT2D eigenvalue weighted by Gasteiger charge is 2.18. The quantitative estimate of drug-likeness (QED) is 0.728. The average Bonchev–Trinajstić information content (AvgIpc) is 2.34. The Hall–Kier alpha value is -2.12. The van der Waals surface area contributed by atoms with Gasteiger partial charge in [0.05, 0.1) is 6.54 Å². The molecule has 3 N–H and O–H groups in total. The third-order valence-electron chi connectivity index (χ3n) is 2.44. The van der Waals surface area contributed by atoms with Gasteiger partial charge >= 0.3 is 0 Å². The van der Waals surface area contributed by atoms with Crippen molar-refractivity contribution in [2.75, 3.05) is 42.8 Å². The maximum atomic E-state index is 11.1. The molecular weight excluding hydrogens is 246 g/mol. The zero-order chi connectivity index (χ0) is 14.6. The molecule has 106 valence electrons.